The molecule has 0 aliphatic heterocycles. The normalized spacial score (nSPS) is 11.4. The number of fused-ring (bicyclic) bond motifs is 4. The zero-order valence-electron chi connectivity index (χ0n) is 30.3. The fourth-order valence-electron chi connectivity index (χ4n) is 7.86. The maximum absolute atomic E-state index is 5.14. The van der Waals surface area contributed by atoms with E-state index in [1.807, 2.05) is 42.5 Å². The third kappa shape index (κ3) is 5.81. The van der Waals surface area contributed by atoms with Crippen molar-refractivity contribution >= 4 is 49.9 Å². The van der Waals surface area contributed by atoms with Gasteiger partial charge in [0.15, 0.2) is 0 Å². The molecule has 0 unspecified atom stereocenters. The van der Waals surface area contributed by atoms with Crippen LogP contribution in [0, 0.1) is 6.92 Å². The van der Waals surface area contributed by atoms with E-state index in [-0.39, 0.29) is 0 Å². The summed E-state index contributed by atoms with van der Waals surface area (Å²) in [6.07, 6.45) is 0. The molecular weight excluding hydrogens is 669 g/mol. The van der Waals surface area contributed by atoms with Crippen molar-refractivity contribution in [2.24, 2.45) is 0 Å². The van der Waals surface area contributed by atoms with E-state index in [0.717, 1.165) is 56.3 Å². The summed E-state index contributed by atoms with van der Waals surface area (Å²) in [4.78, 5) is 12.6. The number of aromatic nitrogens is 3. The van der Waals surface area contributed by atoms with Crippen LogP contribution in [0.2, 0.25) is 0 Å². The molecule has 0 bridgehead atoms. The third-order valence-electron chi connectivity index (χ3n) is 10.5. The number of aryl methyl sites for hydroxylation is 1. The predicted octanol–water partition coefficient (Wildman–Crippen LogP) is 13.5. The Morgan fingerprint density at radius 3 is 1.60 bits per heavy atom. The summed E-state index contributed by atoms with van der Waals surface area (Å²) in [6.45, 7) is 2.21. The van der Waals surface area contributed by atoms with Crippen molar-refractivity contribution < 1.29 is 0 Å². The lowest BCUT2D eigenvalue weighted by Crippen LogP contribution is -2.11. The first-order valence-corrected chi connectivity index (χ1v) is 18.7. The molecular formula is C51H36N4. The Morgan fingerprint density at radius 2 is 0.909 bits per heavy atom. The topological polar surface area (TPSA) is 34.0 Å². The van der Waals surface area contributed by atoms with Gasteiger partial charge < -0.3 is 9.47 Å². The van der Waals surface area contributed by atoms with Crippen molar-refractivity contribution in [3.8, 4) is 39.3 Å². The minimum absolute atomic E-state index is 0.868. The molecule has 4 heteroatoms. The Morgan fingerprint density at radius 1 is 0.400 bits per heavy atom. The summed E-state index contributed by atoms with van der Waals surface area (Å²) in [5, 5.41) is 2.50. The standard InChI is InChI=1S/C51H36N4/c1-35-33-38(39-28-32-49-44(34-39)43-21-11-14-24-48(43)55(49)41-19-9-4-10-20-41)27-31-47(35)54(40-17-7-3-8-18-40)42-29-25-37(26-30-42)51-50(36-15-5-2-6-16-36)52-45-22-12-13-23-46(45)53-51/h2-34H,1H3. The minimum Gasteiger partial charge on any atom is -0.310 e. The van der Waals surface area contributed by atoms with Crippen molar-refractivity contribution in [2.75, 3.05) is 4.90 Å². The Labute approximate surface area is 320 Å². The number of hydrogen-bond acceptors (Lipinski definition) is 3. The molecule has 2 heterocycles. The van der Waals surface area contributed by atoms with E-state index in [1.165, 1.54) is 38.5 Å². The van der Waals surface area contributed by atoms with Crippen LogP contribution in [-0.2, 0) is 0 Å². The zero-order valence-corrected chi connectivity index (χ0v) is 30.3. The Kier molecular flexibility index (Phi) is 8.00. The lowest BCUT2D eigenvalue weighted by atomic mass is 9.99. The molecule has 0 spiro atoms. The van der Waals surface area contributed by atoms with Gasteiger partial charge in [-0.05, 0) is 102 Å². The molecule has 0 atom stereocenters. The summed E-state index contributed by atoms with van der Waals surface area (Å²) >= 11 is 0. The summed E-state index contributed by atoms with van der Waals surface area (Å²) in [5.74, 6) is 0. The van der Waals surface area contributed by atoms with Gasteiger partial charge in [0.25, 0.3) is 0 Å². The maximum Gasteiger partial charge on any atom is 0.0973 e. The Balaban J connectivity index is 1.05. The summed E-state index contributed by atoms with van der Waals surface area (Å²) in [7, 11) is 0. The number of benzene rings is 8. The van der Waals surface area contributed by atoms with E-state index in [9.17, 15) is 0 Å². The maximum atomic E-state index is 5.14. The predicted molar refractivity (Wildman–Crippen MR) is 230 cm³/mol. The molecule has 0 aliphatic carbocycles. The minimum atomic E-state index is 0.868. The second kappa shape index (κ2) is 13.6. The van der Waals surface area contributed by atoms with Crippen molar-refractivity contribution in [2.45, 2.75) is 6.92 Å². The zero-order chi connectivity index (χ0) is 36.7. The molecule has 2 aromatic heterocycles. The van der Waals surface area contributed by atoms with Crippen LogP contribution in [0.5, 0.6) is 0 Å². The molecule has 4 nitrogen and oxygen atoms in total. The van der Waals surface area contributed by atoms with Crippen LogP contribution >= 0.6 is 0 Å². The molecule has 0 fully saturated rings. The largest absolute Gasteiger partial charge is 0.310 e. The fraction of sp³-hybridized carbons (Fsp3) is 0.0196. The summed E-state index contributed by atoms with van der Waals surface area (Å²) < 4.78 is 2.36. The van der Waals surface area contributed by atoms with E-state index in [1.54, 1.807) is 0 Å². The summed E-state index contributed by atoms with van der Waals surface area (Å²) in [6, 6.07) is 70.7. The quantitative estimate of drug-likeness (QED) is 0.166. The number of anilines is 3. The Hall–Kier alpha value is -7.30. The average molecular weight is 705 g/mol. The molecule has 0 radical (unpaired) electrons. The molecule has 55 heavy (non-hydrogen) atoms. The van der Waals surface area contributed by atoms with Gasteiger partial charge >= 0.3 is 0 Å². The Bertz CT molecular complexity index is 2970. The van der Waals surface area contributed by atoms with Gasteiger partial charge in [0.2, 0.25) is 0 Å². The molecule has 260 valence electrons. The lowest BCUT2D eigenvalue weighted by Gasteiger charge is -2.27. The monoisotopic (exact) mass is 704 g/mol. The highest BCUT2D eigenvalue weighted by atomic mass is 15.1. The molecule has 0 amide bonds. The van der Waals surface area contributed by atoms with Crippen molar-refractivity contribution in [3.63, 3.8) is 0 Å². The van der Waals surface area contributed by atoms with Gasteiger partial charge in [0.1, 0.15) is 0 Å². The summed E-state index contributed by atoms with van der Waals surface area (Å²) in [5.41, 5.74) is 16.0. The average Bonchev–Trinajstić information content (AvgIpc) is 3.59. The van der Waals surface area contributed by atoms with Crippen LogP contribution < -0.4 is 4.90 Å². The SMILES string of the molecule is Cc1cc(-c2ccc3c(c2)c2ccccc2n3-c2ccccc2)ccc1N(c1ccccc1)c1ccc(-c2nc3ccccc3nc2-c2ccccc2)cc1. The second-order valence-electron chi connectivity index (χ2n) is 13.9. The molecule has 8 aromatic carbocycles. The van der Waals surface area contributed by atoms with Gasteiger partial charge in [-0.1, -0.05) is 121 Å². The van der Waals surface area contributed by atoms with Gasteiger partial charge in [-0.15, -0.1) is 0 Å². The van der Waals surface area contributed by atoms with Gasteiger partial charge in [-0.25, -0.2) is 9.97 Å². The molecule has 0 saturated carbocycles. The number of rotatable bonds is 7. The third-order valence-corrected chi connectivity index (χ3v) is 10.5. The van der Waals surface area contributed by atoms with E-state index in [4.69, 9.17) is 9.97 Å². The highest BCUT2D eigenvalue weighted by molar-refractivity contribution is 6.10. The molecule has 0 aliphatic rings. The number of nitrogens with zero attached hydrogens (tertiary/aromatic N) is 4. The van der Waals surface area contributed by atoms with E-state index < -0.39 is 0 Å². The van der Waals surface area contributed by atoms with Crippen molar-refractivity contribution in [3.05, 3.63) is 206 Å². The van der Waals surface area contributed by atoms with Crippen LogP contribution in [0.3, 0.4) is 0 Å². The highest BCUT2D eigenvalue weighted by Crippen LogP contribution is 2.41. The van der Waals surface area contributed by atoms with E-state index in [0.29, 0.717) is 0 Å². The van der Waals surface area contributed by atoms with Crippen molar-refractivity contribution in [1.29, 1.82) is 0 Å². The van der Waals surface area contributed by atoms with Gasteiger partial charge in [-0.2, -0.15) is 0 Å². The lowest BCUT2D eigenvalue weighted by molar-refractivity contribution is 1.18. The van der Waals surface area contributed by atoms with Crippen LogP contribution in [0.25, 0.3) is 72.2 Å². The molecule has 10 rings (SSSR count). The van der Waals surface area contributed by atoms with Crippen molar-refractivity contribution in [1.82, 2.24) is 14.5 Å². The smallest absolute Gasteiger partial charge is 0.0973 e. The van der Waals surface area contributed by atoms with Crippen LogP contribution in [-0.4, -0.2) is 14.5 Å². The first-order chi connectivity index (χ1) is 27.2. The number of para-hydroxylation sites is 5. The fourth-order valence-corrected chi connectivity index (χ4v) is 7.86. The molecule has 0 saturated heterocycles. The first kappa shape index (κ1) is 32.4. The molecule has 10 aromatic rings. The van der Waals surface area contributed by atoms with Gasteiger partial charge in [0.05, 0.1) is 33.5 Å². The van der Waals surface area contributed by atoms with Crippen LogP contribution in [0.15, 0.2) is 200 Å². The first-order valence-electron chi connectivity index (χ1n) is 18.7. The van der Waals surface area contributed by atoms with Crippen LogP contribution in [0.1, 0.15) is 5.56 Å². The number of hydrogen-bond donors (Lipinski definition) is 0. The van der Waals surface area contributed by atoms with E-state index >= 15 is 0 Å². The van der Waals surface area contributed by atoms with Gasteiger partial charge in [0, 0.05) is 44.6 Å². The van der Waals surface area contributed by atoms with E-state index in [2.05, 4.69) is 174 Å². The second-order valence-corrected chi connectivity index (χ2v) is 13.9. The molecule has 0 N–H and O–H groups in total. The van der Waals surface area contributed by atoms with Gasteiger partial charge in [-0.3, -0.25) is 0 Å². The highest BCUT2D eigenvalue weighted by Gasteiger charge is 2.19. The van der Waals surface area contributed by atoms with Crippen LogP contribution in [0.4, 0.5) is 17.1 Å².